The monoisotopic (exact) mass is 359 g/mol. The minimum absolute atomic E-state index is 0.753. The largest absolute Gasteiger partial charge is 0.398 e. The summed E-state index contributed by atoms with van der Waals surface area (Å²) >= 11 is 11.4. The van der Waals surface area contributed by atoms with Gasteiger partial charge < -0.3 is 5.73 Å². The Bertz CT molecular complexity index is 598. The number of nitrogen functional groups attached to an aromatic ring is 1. The number of rotatable bonds is 4. The number of hydrogen-bond donors (Lipinski definition) is 1. The summed E-state index contributed by atoms with van der Waals surface area (Å²) in [6, 6.07) is 5.86. The highest BCUT2D eigenvalue weighted by Gasteiger charge is 2.13. The molecule has 6 heteroatoms. The molecule has 1 aromatic carbocycles. The third kappa shape index (κ3) is 3.27. The predicted molar refractivity (Wildman–Crippen MR) is 85.8 cm³/mol. The molecule has 1 heterocycles. The maximum atomic E-state index is 6.29. The van der Waals surface area contributed by atoms with Crippen molar-refractivity contribution < 1.29 is 0 Å². The van der Waals surface area contributed by atoms with E-state index in [2.05, 4.69) is 28.0 Å². The van der Waals surface area contributed by atoms with Crippen molar-refractivity contribution in [3.8, 4) is 0 Å². The van der Waals surface area contributed by atoms with Gasteiger partial charge in [-0.25, -0.2) is 0 Å². The van der Waals surface area contributed by atoms with E-state index >= 15 is 0 Å². The molecule has 0 fully saturated rings. The smallest absolute Gasteiger partial charge is 0.0855 e. The summed E-state index contributed by atoms with van der Waals surface area (Å²) in [5.41, 5.74) is 8.67. The third-order valence-corrected chi connectivity index (χ3v) is 4.86. The van der Waals surface area contributed by atoms with Crippen molar-refractivity contribution in [2.24, 2.45) is 0 Å². The molecule has 0 bridgehead atoms. The molecule has 0 aliphatic carbocycles. The standard InChI is InChI=1S/C13H15BrClN3S/c1-3-18-11(13(15)8(2)17-18)7-19-12-6-9(14)4-5-10(12)16/h4-6H,3,7,16H2,1-2H3. The lowest BCUT2D eigenvalue weighted by atomic mass is 10.3. The average Bonchev–Trinajstić information content (AvgIpc) is 2.66. The van der Waals surface area contributed by atoms with Crippen molar-refractivity contribution in [3.05, 3.63) is 39.1 Å². The van der Waals surface area contributed by atoms with E-state index in [4.69, 9.17) is 17.3 Å². The Morgan fingerprint density at radius 1 is 1.47 bits per heavy atom. The maximum absolute atomic E-state index is 6.29. The first-order valence-electron chi connectivity index (χ1n) is 5.92. The Balaban J connectivity index is 2.21. The van der Waals surface area contributed by atoms with Gasteiger partial charge in [-0.2, -0.15) is 5.10 Å². The summed E-state index contributed by atoms with van der Waals surface area (Å²) in [5.74, 6) is 0.758. The van der Waals surface area contributed by atoms with Crippen LogP contribution in [0.4, 0.5) is 5.69 Å². The molecule has 19 heavy (non-hydrogen) atoms. The van der Waals surface area contributed by atoms with Gasteiger partial charge in [0.25, 0.3) is 0 Å². The van der Waals surface area contributed by atoms with Gasteiger partial charge in [0.2, 0.25) is 0 Å². The Morgan fingerprint density at radius 2 is 2.21 bits per heavy atom. The minimum Gasteiger partial charge on any atom is -0.398 e. The van der Waals surface area contributed by atoms with Crippen LogP contribution in [0.15, 0.2) is 27.6 Å². The second-order valence-electron chi connectivity index (χ2n) is 4.13. The molecule has 2 aromatic rings. The molecule has 2 rings (SSSR count). The van der Waals surface area contributed by atoms with Crippen LogP contribution in [0, 0.1) is 6.92 Å². The van der Waals surface area contributed by atoms with E-state index < -0.39 is 0 Å². The summed E-state index contributed by atoms with van der Waals surface area (Å²) in [6.45, 7) is 4.80. The number of nitrogens with two attached hydrogens (primary N) is 1. The van der Waals surface area contributed by atoms with Crippen LogP contribution in [0.1, 0.15) is 18.3 Å². The molecule has 0 spiro atoms. The van der Waals surface area contributed by atoms with E-state index in [1.807, 2.05) is 29.8 Å². The molecular formula is C13H15BrClN3S. The Morgan fingerprint density at radius 3 is 2.89 bits per heavy atom. The second kappa shape index (κ2) is 6.20. The highest BCUT2D eigenvalue weighted by atomic mass is 79.9. The number of aryl methyl sites for hydroxylation is 2. The second-order valence-corrected chi connectivity index (χ2v) is 6.44. The molecule has 0 aliphatic heterocycles. The average molecular weight is 361 g/mol. The fourth-order valence-corrected chi connectivity index (χ4v) is 3.61. The van der Waals surface area contributed by atoms with Crippen LogP contribution < -0.4 is 5.73 Å². The first kappa shape index (κ1) is 14.8. The summed E-state index contributed by atoms with van der Waals surface area (Å²) in [6.07, 6.45) is 0. The van der Waals surface area contributed by atoms with Gasteiger partial charge in [-0.05, 0) is 32.0 Å². The number of nitrogens with zero attached hydrogens (tertiary/aromatic N) is 2. The third-order valence-electron chi connectivity index (χ3n) is 2.79. The van der Waals surface area contributed by atoms with Crippen LogP contribution in [0.5, 0.6) is 0 Å². The van der Waals surface area contributed by atoms with Gasteiger partial charge in [-0.15, -0.1) is 11.8 Å². The Kier molecular flexibility index (Phi) is 4.81. The maximum Gasteiger partial charge on any atom is 0.0855 e. The van der Waals surface area contributed by atoms with Gasteiger partial charge in [0.05, 0.1) is 16.4 Å². The highest BCUT2D eigenvalue weighted by molar-refractivity contribution is 9.10. The Hall–Kier alpha value is -0.650. The van der Waals surface area contributed by atoms with E-state index in [1.54, 1.807) is 11.8 Å². The van der Waals surface area contributed by atoms with Gasteiger partial charge in [0, 0.05) is 27.4 Å². The van der Waals surface area contributed by atoms with Crippen molar-refractivity contribution in [3.63, 3.8) is 0 Å². The van der Waals surface area contributed by atoms with Crippen LogP contribution in [0.2, 0.25) is 5.02 Å². The zero-order chi connectivity index (χ0) is 14.0. The lowest BCUT2D eigenvalue weighted by Gasteiger charge is -2.08. The van der Waals surface area contributed by atoms with Crippen LogP contribution in [0.25, 0.3) is 0 Å². The normalized spacial score (nSPS) is 10.9. The van der Waals surface area contributed by atoms with Gasteiger partial charge in [0.1, 0.15) is 0 Å². The molecule has 0 unspecified atom stereocenters. The number of anilines is 1. The summed E-state index contributed by atoms with van der Waals surface area (Å²) < 4.78 is 2.97. The number of thioether (sulfide) groups is 1. The summed E-state index contributed by atoms with van der Waals surface area (Å²) in [5, 5.41) is 5.16. The van der Waals surface area contributed by atoms with Crippen LogP contribution >= 0.6 is 39.3 Å². The molecule has 0 amide bonds. The van der Waals surface area contributed by atoms with E-state index in [0.29, 0.717) is 0 Å². The van der Waals surface area contributed by atoms with Crippen molar-refractivity contribution in [2.45, 2.75) is 31.0 Å². The van der Waals surface area contributed by atoms with Crippen LogP contribution in [0.3, 0.4) is 0 Å². The van der Waals surface area contributed by atoms with Gasteiger partial charge >= 0.3 is 0 Å². The van der Waals surface area contributed by atoms with Gasteiger partial charge in [-0.3, -0.25) is 4.68 Å². The molecule has 0 radical (unpaired) electrons. The lowest BCUT2D eigenvalue weighted by Crippen LogP contribution is -2.01. The van der Waals surface area contributed by atoms with Crippen LogP contribution in [-0.4, -0.2) is 9.78 Å². The number of aromatic nitrogens is 2. The van der Waals surface area contributed by atoms with E-state index in [0.717, 1.165) is 43.8 Å². The highest BCUT2D eigenvalue weighted by Crippen LogP contribution is 2.33. The molecule has 0 saturated carbocycles. The quantitative estimate of drug-likeness (QED) is 0.645. The van der Waals surface area contributed by atoms with E-state index in [9.17, 15) is 0 Å². The van der Waals surface area contributed by atoms with Gasteiger partial charge in [-0.1, -0.05) is 27.5 Å². The van der Waals surface area contributed by atoms with Crippen molar-refractivity contribution >= 4 is 45.0 Å². The lowest BCUT2D eigenvalue weighted by molar-refractivity contribution is 0.632. The zero-order valence-corrected chi connectivity index (χ0v) is 13.9. The number of benzene rings is 1. The van der Waals surface area contributed by atoms with Crippen molar-refractivity contribution in [1.29, 1.82) is 0 Å². The SMILES string of the molecule is CCn1nc(C)c(Cl)c1CSc1cc(Br)ccc1N. The van der Waals surface area contributed by atoms with Crippen molar-refractivity contribution in [2.75, 3.05) is 5.73 Å². The minimum atomic E-state index is 0.753. The summed E-state index contributed by atoms with van der Waals surface area (Å²) in [7, 11) is 0. The molecule has 3 nitrogen and oxygen atoms in total. The molecule has 2 N–H and O–H groups in total. The molecule has 0 saturated heterocycles. The van der Waals surface area contributed by atoms with Gasteiger partial charge in [0.15, 0.2) is 0 Å². The number of halogens is 2. The first-order chi connectivity index (χ1) is 9.02. The molecular weight excluding hydrogens is 346 g/mol. The fourth-order valence-electron chi connectivity index (χ4n) is 1.79. The van der Waals surface area contributed by atoms with Crippen molar-refractivity contribution in [1.82, 2.24) is 9.78 Å². The molecule has 1 aromatic heterocycles. The van der Waals surface area contributed by atoms with Crippen LogP contribution in [-0.2, 0) is 12.3 Å². The molecule has 0 aliphatic rings. The molecule has 102 valence electrons. The predicted octanol–water partition coefficient (Wildman–Crippen LogP) is 4.50. The van der Waals surface area contributed by atoms with E-state index in [-0.39, 0.29) is 0 Å². The Labute approximate surface area is 130 Å². The summed E-state index contributed by atoms with van der Waals surface area (Å²) in [4.78, 5) is 1.05. The fraction of sp³-hybridized carbons (Fsp3) is 0.308. The first-order valence-corrected chi connectivity index (χ1v) is 8.08. The number of hydrogen-bond acceptors (Lipinski definition) is 3. The zero-order valence-electron chi connectivity index (χ0n) is 10.8. The topological polar surface area (TPSA) is 43.8 Å². The van der Waals surface area contributed by atoms with E-state index in [1.165, 1.54) is 0 Å². The molecule has 0 atom stereocenters.